The minimum absolute atomic E-state index is 0.244. The number of carbonyl (C=O) groups excluding carboxylic acids is 1. The van der Waals surface area contributed by atoms with Gasteiger partial charge in [0.2, 0.25) is 0 Å². The van der Waals surface area contributed by atoms with E-state index in [1.807, 2.05) is 0 Å². The molecular weight excluding hydrogens is 160 g/mol. The number of rotatable bonds is 0. The van der Waals surface area contributed by atoms with Gasteiger partial charge >= 0.3 is 0 Å². The molecular formula is C12H22O. The highest BCUT2D eigenvalue weighted by atomic mass is 16.1. The van der Waals surface area contributed by atoms with Crippen molar-refractivity contribution in [2.24, 2.45) is 10.8 Å². The molecule has 76 valence electrons. The quantitative estimate of drug-likeness (QED) is 0.559. The van der Waals surface area contributed by atoms with Gasteiger partial charge in [-0.1, -0.05) is 34.1 Å². The zero-order valence-corrected chi connectivity index (χ0v) is 9.44. The molecule has 13 heavy (non-hydrogen) atoms. The Labute approximate surface area is 81.9 Å². The van der Waals surface area contributed by atoms with Crippen molar-refractivity contribution in [2.75, 3.05) is 0 Å². The van der Waals surface area contributed by atoms with Crippen LogP contribution in [0.5, 0.6) is 0 Å². The standard InChI is InChI=1S/C12H22O/c1-11(2)6-5-7-12(3,4)9-10(13)8-11/h5-9H2,1-4H3. The van der Waals surface area contributed by atoms with Crippen LogP contribution in [-0.4, -0.2) is 5.78 Å². The summed E-state index contributed by atoms with van der Waals surface area (Å²) in [4.78, 5) is 11.7. The van der Waals surface area contributed by atoms with Gasteiger partial charge in [-0.05, 0) is 23.7 Å². The van der Waals surface area contributed by atoms with Crippen molar-refractivity contribution in [3.05, 3.63) is 0 Å². The lowest BCUT2D eigenvalue weighted by molar-refractivity contribution is -0.123. The lowest BCUT2D eigenvalue weighted by atomic mass is 9.72. The van der Waals surface area contributed by atoms with Gasteiger partial charge in [0.15, 0.2) is 0 Å². The molecule has 0 N–H and O–H groups in total. The van der Waals surface area contributed by atoms with Crippen LogP contribution < -0.4 is 0 Å². The van der Waals surface area contributed by atoms with E-state index in [1.54, 1.807) is 0 Å². The maximum absolute atomic E-state index is 11.7. The fourth-order valence-corrected chi connectivity index (χ4v) is 2.35. The first-order chi connectivity index (χ1) is 5.81. The van der Waals surface area contributed by atoms with Gasteiger partial charge in [0.1, 0.15) is 5.78 Å². The first-order valence-electron chi connectivity index (χ1n) is 5.33. The number of hydrogen-bond donors (Lipinski definition) is 0. The number of carbonyl (C=O) groups is 1. The van der Waals surface area contributed by atoms with Crippen LogP contribution in [0.3, 0.4) is 0 Å². The molecule has 1 rings (SSSR count). The van der Waals surface area contributed by atoms with E-state index in [1.165, 1.54) is 19.3 Å². The van der Waals surface area contributed by atoms with Gasteiger partial charge in [0.25, 0.3) is 0 Å². The Hall–Kier alpha value is -0.330. The molecule has 1 saturated carbocycles. The summed E-state index contributed by atoms with van der Waals surface area (Å²) in [5.74, 6) is 0.453. The summed E-state index contributed by atoms with van der Waals surface area (Å²) in [5, 5.41) is 0. The molecule has 0 aromatic heterocycles. The molecule has 0 atom stereocenters. The van der Waals surface area contributed by atoms with Crippen LogP contribution in [0.25, 0.3) is 0 Å². The molecule has 0 amide bonds. The maximum Gasteiger partial charge on any atom is 0.133 e. The summed E-state index contributed by atoms with van der Waals surface area (Å²) in [5.41, 5.74) is 0.487. The normalized spacial score (nSPS) is 27.8. The summed E-state index contributed by atoms with van der Waals surface area (Å²) >= 11 is 0. The molecule has 0 radical (unpaired) electrons. The second-order valence-corrected chi connectivity index (χ2v) is 6.07. The molecule has 0 aromatic carbocycles. The van der Waals surface area contributed by atoms with Crippen LogP contribution in [0.2, 0.25) is 0 Å². The highest BCUT2D eigenvalue weighted by Crippen LogP contribution is 2.38. The van der Waals surface area contributed by atoms with Crippen molar-refractivity contribution >= 4 is 5.78 Å². The third-order valence-electron chi connectivity index (χ3n) is 3.06. The monoisotopic (exact) mass is 182 g/mol. The Kier molecular flexibility index (Phi) is 2.84. The van der Waals surface area contributed by atoms with E-state index < -0.39 is 0 Å². The predicted octanol–water partition coefficient (Wildman–Crippen LogP) is 3.57. The first kappa shape index (κ1) is 10.7. The van der Waals surface area contributed by atoms with Crippen molar-refractivity contribution in [3.8, 4) is 0 Å². The second kappa shape index (κ2) is 3.43. The maximum atomic E-state index is 11.7. The largest absolute Gasteiger partial charge is 0.300 e. The van der Waals surface area contributed by atoms with E-state index in [9.17, 15) is 4.79 Å². The number of Topliss-reactive ketones (excluding diaryl/α,β-unsaturated/α-hetero) is 1. The van der Waals surface area contributed by atoms with Crippen molar-refractivity contribution in [2.45, 2.75) is 59.8 Å². The van der Waals surface area contributed by atoms with E-state index in [0.29, 0.717) is 5.78 Å². The zero-order chi connectivity index (χ0) is 10.1. The van der Waals surface area contributed by atoms with Gasteiger partial charge in [-0.2, -0.15) is 0 Å². The molecule has 1 aliphatic rings. The van der Waals surface area contributed by atoms with Crippen molar-refractivity contribution < 1.29 is 4.79 Å². The highest BCUT2D eigenvalue weighted by Gasteiger charge is 2.30. The molecule has 1 heteroatoms. The van der Waals surface area contributed by atoms with Gasteiger partial charge in [0.05, 0.1) is 0 Å². The average molecular weight is 182 g/mol. The highest BCUT2D eigenvalue weighted by molar-refractivity contribution is 5.79. The summed E-state index contributed by atoms with van der Waals surface area (Å²) in [7, 11) is 0. The Morgan fingerprint density at radius 3 is 1.69 bits per heavy atom. The van der Waals surface area contributed by atoms with Gasteiger partial charge in [0, 0.05) is 12.8 Å². The van der Waals surface area contributed by atoms with Crippen LogP contribution in [0, 0.1) is 10.8 Å². The fraction of sp³-hybridized carbons (Fsp3) is 0.917. The molecule has 0 unspecified atom stereocenters. The van der Waals surface area contributed by atoms with E-state index in [2.05, 4.69) is 27.7 Å². The Morgan fingerprint density at radius 2 is 1.31 bits per heavy atom. The van der Waals surface area contributed by atoms with E-state index in [-0.39, 0.29) is 10.8 Å². The fourth-order valence-electron chi connectivity index (χ4n) is 2.35. The smallest absolute Gasteiger partial charge is 0.133 e. The minimum atomic E-state index is 0.244. The predicted molar refractivity (Wildman–Crippen MR) is 55.7 cm³/mol. The molecule has 0 saturated heterocycles. The Bertz CT molecular complexity index is 181. The Morgan fingerprint density at radius 1 is 0.923 bits per heavy atom. The van der Waals surface area contributed by atoms with E-state index in [4.69, 9.17) is 0 Å². The summed E-state index contributed by atoms with van der Waals surface area (Å²) < 4.78 is 0. The molecule has 0 aromatic rings. The van der Waals surface area contributed by atoms with Crippen LogP contribution >= 0.6 is 0 Å². The molecule has 1 fully saturated rings. The Balaban J connectivity index is 2.65. The topological polar surface area (TPSA) is 17.1 Å². The van der Waals surface area contributed by atoms with E-state index >= 15 is 0 Å². The minimum Gasteiger partial charge on any atom is -0.300 e. The van der Waals surface area contributed by atoms with Gasteiger partial charge in [-0.25, -0.2) is 0 Å². The van der Waals surface area contributed by atoms with Crippen molar-refractivity contribution in [1.82, 2.24) is 0 Å². The van der Waals surface area contributed by atoms with Crippen molar-refractivity contribution in [3.63, 3.8) is 0 Å². The van der Waals surface area contributed by atoms with Gasteiger partial charge < -0.3 is 0 Å². The summed E-state index contributed by atoms with van der Waals surface area (Å²) in [6.45, 7) is 8.85. The SMILES string of the molecule is CC1(C)CCCC(C)(C)CC(=O)C1. The number of hydrogen-bond acceptors (Lipinski definition) is 1. The average Bonchev–Trinajstić information content (AvgIpc) is 1.79. The van der Waals surface area contributed by atoms with E-state index in [0.717, 1.165) is 12.8 Å². The molecule has 0 aliphatic heterocycles. The molecule has 1 nitrogen and oxygen atoms in total. The van der Waals surface area contributed by atoms with Crippen LogP contribution in [0.1, 0.15) is 59.8 Å². The molecule has 0 spiro atoms. The first-order valence-corrected chi connectivity index (χ1v) is 5.33. The summed E-state index contributed by atoms with van der Waals surface area (Å²) in [6, 6.07) is 0. The number of ketones is 1. The molecule has 0 heterocycles. The van der Waals surface area contributed by atoms with Crippen LogP contribution in [0.15, 0.2) is 0 Å². The third kappa shape index (κ3) is 3.50. The zero-order valence-electron chi connectivity index (χ0n) is 9.44. The summed E-state index contributed by atoms with van der Waals surface area (Å²) in [6.07, 6.45) is 5.21. The molecule has 0 bridgehead atoms. The molecule has 1 aliphatic carbocycles. The lowest BCUT2D eigenvalue weighted by Gasteiger charge is -2.32. The lowest BCUT2D eigenvalue weighted by Crippen LogP contribution is -2.26. The van der Waals surface area contributed by atoms with Crippen LogP contribution in [0.4, 0.5) is 0 Å². The van der Waals surface area contributed by atoms with Crippen LogP contribution in [-0.2, 0) is 4.79 Å². The van der Waals surface area contributed by atoms with Gasteiger partial charge in [-0.3, -0.25) is 4.79 Å². The third-order valence-corrected chi connectivity index (χ3v) is 3.06. The van der Waals surface area contributed by atoms with Gasteiger partial charge in [-0.15, -0.1) is 0 Å². The second-order valence-electron chi connectivity index (χ2n) is 6.07. The van der Waals surface area contributed by atoms with Crippen molar-refractivity contribution in [1.29, 1.82) is 0 Å².